The summed E-state index contributed by atoms with van der Waals surface area (Å²) in [6.45, 7) is 4.18. The zero-order valence-electron chi connectivity index (χ0n) is 12.3. The Balaban J connectivity index is 2.57. The number of ether oxygens (including phenoxy) is 1. The molecule has 6 heteroatoms. The Hall–Kier alpha value is -2.06. The number of benzene rings is 1. The molecule has 5 nitrogen and oxygen atoms in total. The molecule has 2 rings (SSSR count). The highest BCUT2D eigenvalue weighted by molar-refractivity contribution is 6.32. The van der Waals surface area contributed by atoms with E-state index in [0.29, 0.717) is 16.5 Å². The van der Waals surface area contributed by atoms with Crippen molar-refractivity contribution in [3.63, 3.8) is 0 Å². The first-order valence-corrected chi connectivity index (χ1v) is 7.23. The van der Waals surface area contributed by atoms with E-state index in [9.17, 15) is 5.26 Å². The van der Waals surface area contributed by atoms with Crippen LogP contribution in [0.5, 0.6) is 5.75 Å². The molecular formula is C15H17ClN4O. The first-order chi connectivity index (χ1) is 10.2. The van der Waals surface area contributed by atoms with E-state index >= 15 is 0 Å². The molecule has 0 unspecified atom stereocenters. The molecule has 1 heterocycles. The number of hydrogen-bond donors (Lipinski definition) is 0. The molecule has 0 fully saturated rings. The van der Waals surface area contributed by atoms with Crippen LogP contribution in [0, 0.1) is 11.3 Å². The molecule has 0 amide bonds. The predicted molar refractivity (Wildman–Crippen MR) is 81.0 cm³/mol. The van der Waals surface area contributed by atoms with Gasteiger partial charge in [0.1, 0.15) is 11.8 Å². The number of halogens is 1. The summed E-state index contributed by atoms with van der Waals surface area (Å²) in [5.41, 5.74) is 1.98. The quantitative estimate of drug-likeness (QED) is 0.844. The maximum absolute atomic E-state index is 9.24. The third-order valence-electron chi connectivity index (χ3n) is 3.56. The summed E-state index contributed by atoms with van der Waals surface area (Å²) in [6.07, 6.45) is 1.84. The highest BCUT2D eigenvalue weighted by atomic mass is 35.5. The third kappa shape index (κ3) is 2.86. The molecule has 0 saturated heterocycles. The lowest BCUT2D eigenvalue weighted by Crippen LogP contribution is -2.08. The Morgan fingerprint density at radius 2 is 2.10 bits per heavy atom. The van der Waals surface area contributed by atoms with E-state index in [-0.39, 0.29) is 5.92 Å². The van der Waals surface area contributed by atoms with Crippen LogP contribution < -0.4 is 4.74 Å². The van der Waals surface area contributed by atoms with Gasteiger partial charge in [0.15, 0.2) is 5.69 Å². The predicted octanol–water partition coefficient (Wildman–Crippen LogP) is 3.70. The maximum atomic E-state index is 9.24. The first-order valence-electron chi connectivity index (χ1n) is 6.85. The Bertz CT molecular complexity index is 671. The topological polar surface area (TPSA) is 63.7 Å². The van der Waals surface area contributed by atoms with Gasteiger partial charge in [0, 0.05) is 5.92 Å². The van der Waals surface area contributed by atoms with Crippen LogP contribution in [0.2, 0.25) is 5.02 Å². The van der Waals surface area contributed by atoms with Crippen LogP contribution >= 0.6 is 11.6 Å². The molecule has 0 bridgehead atoms. The van der Waals surface area contributed by atoms with Crippen LogP contribution in [0.4, 0.5) is 0 Å². The largest absolute Gasteiger partial charge is 0.495 e. The van der Waals surface area contributed by atoms with Crippen molar-refractivity contribution in [2.45, 2.75) is 32.6 Å². The van der Waals surface area contributed by atoms with Crippen molar-refractivity contribution in [1.29, 1.82) is 5.26 Å². The van der Waals surface area contributed by atoms with Crippen molar-refractivity contribution in [2.24, 2.45) is 0 Å². The van der Waals surface area contributed by atoms with Crippen LogP contribution in [0.15, 0.2) is 18.2 Å². The fourth-order valence-electron chi connectivity index (χ4n) is 2.39. The van der Waals surface area contributed by atoms with Gasteiger partial charge >= 0.3 is 0 Å². The van der Waals surface area contributed by atoms with Crippen LogP contribution in [-0.2, 0) is 0 Å². The average Bonchev–Trinajstić information content (AvgIpc) is 2.92. The summed E-state index contributed by atoms with van der Waals surface area (Å²) in [4.78, 5) is 0. The highest BCUT2D eigenvalue weighted by Crippen LogP contribution is 2.30. The van der Waals surface area contributed by atoms with Gasteiger partial charge in [-0.05, 0) is 31.0 Å². The lowest BCUT2D eigenvalue weighted by Gasteiger charge is -2.15. The lowest BCUT2D eigenvalue weighted by atomic mass is 9.97. The van der Waals surface area contributed by atoms with Gasteiger partial charge in [0.2, 0.25) is 0 Å². The van der Waals surface area contributed by atoms with Gasteiger partial charge in [-0.25, -0.2) is 4.68 Å². The van der Waals surface area contributed by atoms with E-state index in [1.165, 1.54) is 0 Å². The fraction of sp³-hybridized carbons (Fsp3) is 0.400. The van der Waals surface area contributed by atoms with Crippen molar-refractivity contribution >= 4 is 11.6 Å². The van der Waals surface area contributed by atoms with E-state index in [1.807, 2.05) is 6.07 Å². The molecule has 0 aliphatic carbocycles. The van der Waals surface area contributed by atoms with Gasteiger partial charge in [-0.2, -0.15) is 5.26 Å². The van der Waals surface area contributed by atoms with E-state index in [4.69, 9.17) is 16.3 Å². The van der Waals surface area contributed by atoms with Gasteiger partial charge in [0.05, 0.1) is 23.5 Å². The summed E-state index contributed by atoms with van der Waals surface area (Å²) in [5, 5.41) is 17.8. The number of rotatable bonds is 5. The van der Waals surface area contributed by atoms with Crippen molar-refractivity contribution in [3.05, 3.63) is 34.6 Å². The Kier molecular flexibility index (Phi) is 4.81. The molecule has 1 aromatic carbocycles. The molecule has 0 saturated carbocycles. The van der Waals surface area contributed by atoms with Gasteiger partial charge in [-0.1, -0.05) is 30.7 Å². The van der Waals surface area contributed by atoms with Crippen LogP contribution in [-0.4, -0.2) is 22.1 Å². The summed E-state index contributed by atoms with van der Waals surface area (Å²) >= 11 is 6.17. The molecular weight excluding hydrogens is 288 g/mol. The molecule has 110 valence electrons. The second-order valence-corrected chi connectivity index (χ2v) is 5.09. The van der Waals surface area contributed by atoms with Crippen LogP contribution in [0.25, 0.3) is 5.69 Å². The normalized spacial score (nSPS) is 10.7. The molecule has 0 aliphatic heterocycles. The maximum Gasteiger partial charge on any atom is 0.186 e. The monoisotopic (exact) mass is 304 g/mol. The molecule has 0 radical (unpaired) electrons. The van der Waals surface area contributed by atoms with Gasteiger partial charge < -0.3 is 4.74 Å². The second kappa shape index (κ2) is 6.59. The summed E-state index contributed by atoms with van der Waals surface area (Å²) in [5.74, 6) is 0.834. The molecule has 2 aromatic rings. The molecule has 21 heavy (non-hydrogen) atoms. The Morgan fingerprint density at radius 3 is 2.62 bits per heavy atom. The molecule has 0 atom stereocenters. The van der Waals surface area contributed by atoms with E-state index in [0.717, 1.165) is 24.2 Å². The van der Waals surface area contributed by atoms with Crippen LogP contribution in [0.1, 0.15) is 44.0 Å². The zero-order valence-corrected chi connectivity index (χ0v) is 13.1. The van der Waals surface area contributed by atoms with Gasteiger partial charge in [0.25, 0.3) is 0 Å². The second-order valence-electron chi connectivity index (χ2n) is 4.68. The van der Waals surface area contributed by atoms with Gasteiger partial charge in [-0.3, -0.25) is 0 Å². The fourth-order valence-corrected chi connectivity index (χ4v) is 2.64. The van der Waals surface area contributed by atoms with Gasteiger partial charge in [-0.15, -0.1) is 5.10 Å². The molecule has 1 aromatic heterocycles. The standard InChI is InChI=1S/C15H17ClN4O/c1-4-10(5-2)15-13(9-17)18-19-20(15)11-6-7-14(21-3)12(16)8-11/h6-8,10H,4-5H2,1-3H3. The number of methoxy groups -OCH3 is 1. The number of nitrogens with zero attached hydrogens (tertiary/aromatic N) is 4. The number of aromatic nitrogens is 3. The average molecular weight is 305 g/mol. The zero-order chi connectivity index (χ0) is 15.4. The summed E-state index contributed by atoms with van der Waals surface area (Å²) < 4.78 is 6.85. The summed E-state index contributed by atoms with van der Waals surface area (Å²) in [6, 6.07) is 7.52. The minimum atomic E-state index is 0.232. The first kappa shape index (κ1) is 15.3. The SMILES string of the molecule is CCC(CC)c1c(C#N)nnn1-c1ccc(OC)c(Cl)c1. The van der Waals surface area contributed by atoms with Crippen molar-refractivity contribution in [2.75, 3.05) is 7.11 Å². The highest BCUT2D eigenvalue weighted by Gasteiger charge is 2.21. The number of nitriles is 1. The number of hydrogen-bond acceptors (Lipinski definition) is 4. The molecule has 0 aliphatic rings. The van der Waals surface area contributed by atoms with Crippen molar-refractivity contribution in [1.82, 2.24) is 15.0 Å². The lowest BCUT2D eigenvalue weighted by molar-refractivity contribution is 0.415. The van der Waals surface area contributed by atoms with Crippen molar-refractivity contribution < 1.29 is 4.74 Å². The van der Waals surface area contributed by atoms with E-state index in [2.05, 4.69) is 30.2 Å². The van der Waals surface area contributed by atoms with Crippen LogP contribution in [0.3, 0.4) is 0 Å². The van der Waals surface area contributed by atoms with Crippen molar-refractivity contribution in [3.8, 4) is 17.5 Å². The summed E-state index contributed by atoms with van der Waals surface area (Å²) in [7, 11) is 1.57. The Labute approximate surface area is 129 Å². The minimum absolute atomic E-state index is 0.232. The van der Waals surface area contributed by atoms with E-state index < -0.39 is 0 Å². The minimum Gasteiger partial charge on any atom is -0.495 e. The third-order valence-corrected chi connectivity index (χ3v) is 3.86. The molecule has 0 spiro atoms. The van der Waals surface area contributed by atoms with E-state index in [1.54, 1.807) is 23.9 Å². The smallest absolute Gasteiger partial charge is 0.186 e. The Morgan fingerprint density at radius 1 is 1.38 bits per heavy atom. The molecule has 0 N–H and O–H groups in total.